The molecule has 1 spiro atoms. The Bertz CT molecular complexity index is 423. The third-order valence-corrected chi connectivity index (χ3v) is 4.00. The Labute approximate surface area is 111 Å². The second kappa shape index (κ2) is 4.80. The highest BCUT2D eigenvalue weighted by molar-refractivity contribution is 6.07. The summed E-state index contributed by atoms with van der Waals surface area (Å²) in [5.41, 5.74) is 4.79. The van der Waals surface area contributed by atoms with Crippen molar-refractivity contribution in [1.29, 1.82) is 0 Å². The first-order valence-corrected chi connectivity index (χ1v) is 6.54. The first-order valence-electron chi connectivity index (χ1n) is 6.54. The highest BCUT2D eigenvalue weighted by Crippen LogP contribution is 2.25. The van der Waals surface area contributed by atoms with Crippen LogP contribution in [0.1, 0.15) is 26.7 Å². The number of nitrogens with two attached hydrogens (primary N) is 1. The molecule has 0 aromatic heterocycles. The van der Waals surface area contributed by atoms with Gasteiger partial charge in [0.2, 0.25) is 5.91 Å². The largest absolute Gasteiger partial charge is 0.340 e. The second-order valence-corrected chi connectivity index (χ2v) is 5.50. The zero-order valence-corrected chi connectivity index (χ0v) is 11.2. The maximum Gasteiger partial charge on any atom is 0.322 e. The van der Waals surface area contributed by atoms with E-state index < -0.39 is 11.6 Å². The Balaban J connectivity index is 2.11. The van der Waals surface area contributed by atoms with Gasteiger partial charge >= 0.3 is 6.03 Å². The van der Waals surface area contributed by atoms with Gasteiger partial charge in [0.25, 0.3) is 5.91 Å². The predicted octanol–water partition coefficient (Wildman–Crippen LogP) is -0.830. The molecule has 2 aliphatic rings. The molecule has 7 heteroatoms. The molecule has 0 aromatic rings. The summed E-state index contributed by atoms with van der Waals surface area (Å²) >= 11 is 0. The van der Waals surface area contributed by atoms with Gasteiger partial charge in [0.15, 0.2) is 0 Å². The van der Waals surface area contributed by atoms with E-state index in [1.165, 1.54) is 0 Å². The third kappa shape index (κ3) is 2.42. The number of nitrogens with one attached hydrogen (secondary N) is 2. The summed E-state index contributed by atoms with van der Waals surface area (Å²) < 4.78 is 0. The van der Waals surface area contributed by atoms with Crippen LogP contribution in [0.25, 0.3) is 0 Å². The number of carbonyl (C=O) groups is 3. The van der Waals surface area contributed by atoms with E-state index in [1.807, 2.05) is 0 Å². The lowest BCUT2D eigenvalue weighted by atomic mass is 9.88. The van der Waals surface area contributed by atoms with Gasteiger partial charge in [-0.15, -0.1) is 0 Å². The van der Waals surface area contributed by atoms with Crippen molar-refractivity contribution in [3.8, 4) is 0 Å². The fraction of sp³-hybridized carbons (Fsp3) is 0.750. The fourth-order valence-electron chi connectivity index (χ4n) is 2.57. The van der Waals surface area contributed by atoms with Gasteiger partial charge in [-0.2, -0.15) is 0 Å². The molecular formula is C12H20N4O3. The van der Waals surface area contributed by atoms with E-state index in [4.69, 9.17) is 5.73 Å². The molecule has 2 aliphatic heterocycles. The molecule has 0 aromatic carbocycles. The molecule has 0 saturated carbocycles. The maximum atomic E-state index is 12.3. The van der Waals surface area contributed by atoms with Gasteiger partial charge in [-0.25, -0.2) is 4.79 Å². The van der Waals surface area contributed by atoms with Crippen molar-refractivity contribution in [2.75, 3.05) is 13.1 Å². The van der Waals surface area contributed by atoms with Crippen molar-refractivity contribution < 1.29 is 14.4 Å². The van der Waals surface area contributed by atoms with Crippen LogP contribution in [0.2, 0.25) is 0 Å². The van der Waals surface area contributed by atoms with E-state index in [0.29, 0.717) is 19.4 Å². The lowest BCUT2D eigenvalue weighted by Gasteiger charge is -2.39. The van der Waals surface area contributed by atoms with Crippen molar-refractivity contribution in [3.05, 3.63) is 0 Å². The number of nitrogens with zero attached hydrogens (tertiary/aromatic N) is 1. The van der Waals surface area contributed by atoms with Crippen molar-refractivity contribution in [2.24, 2.45) is 11.7 Å². The highest BCUT2D eigenvalue weighted by Gasteiger charge is 2.49. The van der Waals surface area contributed by atoms with Crippen LogP contribution in [0.5, 0.6) is 0 Å². The second-order valence-electron chi connectivity index (χ2n) is 5.50. The minimum absolute atomic E-state index is 0.0666. The zero-order valence-electron chi connectivity index (χ0n) is 11.2. The summed E-state index contributed by atoms with van der Waals surface area (Å²) in [6, 6.07) is -0.725. The average molecular weight is 268 g/mol. The molecule has 19 heavy (non-hydrogen) atoms. The van der Waals surface area contributed by atoms with E-state index in [-0.39, 0.29) is 30.3 Å². The van der Waals surface area contributed by atoms with E-state index >= 15 is 0 Å². The molecule has 106 valence electrons. The molecule has 2 heterocycles. The van der Waals surface area contributed by atoms with Crippen LogP contribution in [0.3, 0.4) is 0 Å². The van der Waals surface area contributed by atoms with Gasteiger partial charge in [0.1, 0.15) is 5.54 Å². The van der Waals surface area contributed by atoms with Crippen LogP contribution >= 0.6 is 0 Å². The zero-order chi connectivity index (χ0) is 14.2. The van der Waals surface area contributed by atoms with E-state index in [1.54, 1.807) is 18.7 Å². The highest BCUT2D eigenvalue weighted by atomic mass is 16.2. The van der Waals surface area contributed by atoms with Crippen molar-refractivity contribution >= 4 is 17.8 Å². The first-order chi connectivity index (χ1) is 8.85. The van der Waals surface area contributed by atoms with Gasteiger partial charge in [-0.05, 0) is 19.8 Å². The normalized spacial score (nSPS) is 29.9. The van der Waals surface area contributed by atoms with Gasteiger partial charge < -0.3 is 16.0 Å². The number of hydrogen-bond donors (Lipinski definition) is 3. The van der Waals surface area contributed by atoms with E-state index in [2.05, 4.69) is 10.6 Å². The van der Waals surface area contributed by atoms with Crippen LogP contribution in [0.4, 0.5) is 4.79 Å². The fourth-order valence-corrected chi connectivity index (χ4v) is 2.57. The summed E-state index contributed by atoms with van der Waals surface area (Å²) in [6.07, 6.45) is 1.24. The maximum absolute atomic E-state index is 12.3. The minimum atomic E-state index is -0.956. The summed E-state index contributed by atoms with van der Waals surface area (Å²) in [5.74, 6) is -0.707. The summed E-state index contributed by atoms with van der Waals surface area (Å²) in [7, 11) is 0. The van der Waals surface area contributed by atoms with Crippen LogP contribution in [0, 0.1) is 5.92 Å². The van der Waals surface area contributed by atoms with Crippen LogP contribution in [-0.2, 0) is 9.59 Å². The smallest absolute Gasteiger partial charge is 0.322 e. The van der Waals surface area contributed by atoms with E-state index in [9.17, 15) is 14.4 Å². The molecule has 2 fully saturated rings. The Kier molecular flexibility index (Phi) is 3.49. The topological polar surface area (TPSA) is 105 Å². The van der Waals surface area contributed by atoms with Crippen molar-refractivity contribution in [2.45, 2.75) is 38.3 Å². The molecule has 2 rings (SSSR count). The van der Waals surface area contributed by atoms with Crippen molar-refractivity contribution in [1.82, 2.24) is 15.5 Å². The number of urea groups is 1. The van der Waals surface area contributed by atoms with Crippen molar-refractivity contribution in [3.63, 3.8) is 0 Å². The van der Waals surface area contributed by atoms with Gasteiger partial charge in [0, 0.05) is 12.6 Å². The molecule has 4 N–H and O–H groups in total. The number of rotatable bonds is 2. The molecule has 3 unspecified atom stereocenters. The minimum Gasteiger partial charge on any atom is -0.340 e. The lowest BCUT2D eigenvalue weighted by Crippen LogP contribution is -2.60. The van der Waals surface area contributed by atoms with Gasteiger partial charge in [-0.3, -0.25) is 14.9 Å². The Morgan fingerprint density at radius 3 is 2.63 bits per heavy atom. The molecule has 2 saturated heterocycles. The molecule has 0 bridgehead atoms. The van der Waals surface area contributed by atoms with Crippen LogP contribution in [-0.4, -0.2) is 47.4 Å². The first kappa shape index (κ1) is 13.8. The number of imide groups is 1. The quantitative estimate of drug-likeness (QED) is 0.568. The van der Waals surface area contributed by atoms with Gasteiger partial charge in [0.05, 0.1) is 12.5 Å². The molecule has 0 aliphatic carbocycles. The monoisotopic (exact) mass is 268 g/mol. The SMILES string of the molecule is CC(N)C(C)C(=O)N1CCCC2(C1)NC(=O)NC2=O. The average Bonchev–Trinajstić information content (AvgIpc) is 2.62. The molecule has 4 amide bonds. The number of hydrogen-bond acceptors (Lipinski definition) is 4. The van der Waals surface area contributed by atoms with Crippen LogP contribution < -0.4 is 16.4 Å². The molecule has 0 radical (unpaired) electrons. The Morgan fingerprint density at radius 2 is 2.11 bits per heavy atom. The predicted molar refractivity (Wildman–Crippen MR) is 68.0 cm³/mol. The Hall–Kier alpha value is -1.63. The number of carbonyl (C=O) groups excluding carboxylic acids is 3. The number of piperidine rings is 1. The molecule has 7 nitrogen and oxygen atoms in total. The van der Waals surface area contributed by atoms with Crippen LogP contribution in [0.15, 0.2) is 0 Å². The van der Waals surface area contributed by atoms with E-state index in [0.717, 1.165) is 0 Å². The lowest BCUT2D eigenvalue weighted by molar-refractivity contribution is -0.139. The summed E-state index contributed by atoms with van der Waals surface area (Å²) in [6.45, 7) is 4.38. The molecule has 3 atom stereocenters. The summed E-state index contributed by atoms with van der Waals surface area (Å²) in [5, 5.41) is 4.88. The molecular weight excluding hydrogens is 248 g/mol. The van der Waals surface area contributed by atoms with Gasteiger partial charge in [-0.1, -0.05) is 6.92 Å². The Morgan fingerprint density at radius 1 is 1.42 bits per heavy atom. The third-order valence-electron chi connectivity index (χ3n) is 4.00. The summed E-state index contributed by atoms with van der Waals surface area (Å²) in [4.78, 5) is 37.1. The standard InChI is InChI=1S/C12H20N4O3/c1-7(8(2)13)9(17)16-5-3-4-12(6-16)10(18)14-11(19)15-12/h7-8H,3-6,13H2,1-2H3,(H2,14,15,18,19). The number of amides is 4. The number of likely N-dealkylation sites (tertiary alicyclic amines) is 1.